The fourth-order valence-corrected chi connectivity index (χ4v) is 5.30. The second-order valence-corrected chi connectivity index (χ2v) is 8.86. The smallest absolute Gasteiger partial charge is 0.353 e. The number of rotatable bonds is 9. The topological polar surface area (TPSA) is 26.3 Å². The van der Waals surface area contributed by atoms with Crippen LogP contribution in [0.1, 0.15) is 66.1 Å². The van der Waals surface area contributed by atoms with Gasteiger partial charge in [0.1, 0.15) is 10.6 Å². The first-order valence-electron chi connectivity index (χ1n) is 9.53. The Labute approximate surface area is 163 Å². The maximum Gasteiger partial charge on any atom is 0.353 e. The summed E-state index contributed by atoms with van der Waals surface area (Å²) in [4.78, 5) is 14.5. The highest BCUT2D eigenvalue weighted by Gasteiger charge is 2.15. The van der Waals surface area contributed by atoms with Crippen LogP contribution in [0, 0.1) is 0 Å². The van der Waals surface area contributed by atoms with Gasteiger partial charge in [0.25, 0.3) is 0 Å². The first-order valence-corrected chi connectivity index (χ1v) is 11.2. The molecule has 0 aliphatic rings. The van der Waals surface area contributed by atoms with Crippen LogP contribution >= 0.6 is 22.7 Å². The molecule has 0 bridgehead atoms. The number of carbonyl (C=O) groups excluding carboxylic acids is 1. The molecule has 0 amide bonds. The zero-order valence-electron chi connectivity index (χ0n) is 15.5. The Morgan fingerprint density at radius 1 is 0.923 bits per heavy atom. The maximum atomic E-state index is 12.4. The van der Waals surface area contributed by atoms with Gasteiger partial charge in [0.05, 0.1) is 0 Å². The van der Waals surface area contributed by atoms with Crippen molar-refractivity contribution in [3.63, 3.8) is 0 Å². The van der Waals surface area contributed by atoms with Crippen molar-refractivity contribution >= 4 is 38.0 Å². The minimum atomic E-state index is -0.260. The number of benzene rings is 1. The van der Waals surface area contributed by atoms with Crippen molar-refractivity contribution in [2.24, 2.45) is 0 Å². The number of ether oxygens (including phenoxy) is 1. The van der Waals surface area contributed by atoms with E-state index in [1.54, 1.807) is 0 Å². The third-order valence-electron chi connectivity index (χ3n) is 4.53. The van der Waals surface area contributed by atoms with E-state index >= 15 is 0 Å². The van der Waals surface area contributed by atoms with E-state index in [1.807, 2.05) is 41.7 Å². The summed E-state index contributed by atoms with van der Waals surface area (Å²) in [6.45, 7) is 4.36. The van der Waals surface area contributed by atoms with Crippen LogP contribution in [0.2, 0.25) is 0 Å². The van der Waals surface area contributed by atoms with Crippen LogP contribution in [0.4, 0.5) is 0 Å². The lowest BCUT2D eigenvalue weighted by molar-refractivity contribution is 0.0740. The number of unbranched alkanes of at least 4 members (excludes halogenated alkanes) is 4. The van der Waals surface area contributed by atoms with Crippen LogP contribution in [0.15, 0.2) is 36.4 Å². The van der Waals surface area contributed by atoms with Gasteiger partial charge >= 0.3 is 5.97 Å². The van der Waals surface area contributed by atoms with Crippen molar-refractivity contribution in [2.75, 3.05) is 0 Å². The SMILES string of the molecule is CCCCCCCc1cc2sc(C(=O)Oc3ccc(CC)cc3)cc2s1. The molecular weight excluding hydrogens is 360 g/mol. The molecule has 2 aromatic heterocycles. The Bertz CT molecular complexity index is 811. The first-order chi connectivity index (χ1) is 12.7. The Balaban J connectivity index is 1.58. The predicted molar refractivity (Wildman–Crippen MR) is 113 cm³/mol. The summed E-state index contributed by atoms with van der Waals surface area (Å²) in [5.41, 5.74) is 1.24. The lowest BCUT2D eigenvalue weighted by atomic mass is 10.1. The van der Waals surface area contributed by atoms with Gasteiger partial charge in [-0.25, -0.2) is 4.79 Å². The molecule has 0 aliphatic carbocycles. The molecule has 0 spiro atoms. The molecule has 0 radical (unpaired) electrons. The Hall–Kier alpha value is -1.65. The van der Waals surface area contributed by atoms with Gasteiger partial charge < -0.3 is 4.74 Å². The largest absolute Gasteiger partial charge is 0.422 e. The number of hydrogen-bond acceptors (Lipinski definition) is 4. The summed E-state index contributed by atoms with van der Waals surface area (Å²) in [5.74, 6) is 0.348. The molecule has 0 fully saturated rings. The zero-order valence-corrected chi connectivity index (χ0v) is 17.2. The number of thiophene rings is 2. The van der Waals surface area contributed by atoms with Crippen molar-refractivity contribution in [3.8, 4) is 5.75 Å². The monoisotopic (exact) mass is 386 g/mol. The molecule has 3 aromatic rings. The van der Waals surface area contributed by atoms with E-state index in [4.69, 9.17) is 4.74 Å². The van der Waals surface area contributed by atoms with Gasteiger partial charge in [-0.15, -0.1) is 22.7 Å². The van der Waals surface area contributed by atoms with E-state index in [1.165, 1.54) is 63.3 Å². The van der Waals surface area contributed by atoms with Crippen molar-refractivity contribution in [3.05, 3.63) is 51.7 Å². The molecule has 0 unspecified atom stereocenters. The van der Waals surface area contributed by atoms with Crippen LogP contribution in [0.3, 0.4) is 0 Å². The minimum absolute atomic E-state index is 0.260. The highest BCUT2D eigenvalue weighted by molar-refractivity contribution is 7.28. The van der Waals surface area contributed by atoms with Crippen molar-refractivity contribution in [1.82, 2.24) is 0 Å². The molecular formula is C22H26O2S2. The van der Waals surface area contributed by atoms with E-state index in [0.29, 0.717) is 10.6 Å². The summed E-state index contributed by atoms with van der Waals surface area (Å²) in [7, 11) is 0. The average molecular weight is 387 g/mol. The molecule has 2 heterocycles. The molecule has 3 rings (SSSR count). The molecule has 0 atom stereocenters. The van der Waals surface area contributed by atoms with Crippen molar-refractivity contribution in [1.29, 1.82) is 0 Å². The fourth-order valence-electron chi connectivity index (χ4n) is 2.96. The highest BCUT2D eigenvalue weighted by Crippen LogP contribution is 2.34. The van der Waals surface area contributed by atoms with Crippen LogP contribution < -0.4 is 4.74 Å². The average Bonchev–Trinajstić information content (AvgIpc) is 3.21. The quantitative estimate of drug-likeness (QED) is 0.220. The number of carbonyl (C=O) groups is 1. The Morgan fingerprint density at radius 2 is 1.65 bits per heavy atom. The predicted octanol–water partition coefficient (Wildman–Crippen LogP) is 7.26. The molecule has 26 heavy (non-hydrogen) atoms. The third kappa shape index (κ3) is 4.95. The van der Waals surface area contributed by atoms with Crippen LogP contribution in [-0.4, -0.2) is 5.97 Å². The van der Waals surface area contributed by atoms with Gasteiger partial charge in [0.2, 0.25) is 0 Å². The third-order valence-corrected chi connectivity index (χ3v) is 6.86. The molecule has 1 aromatic carbocycles. The minimum Gasteiger partial charge on any atom is -0.422 e. The van der Waals surface area contributed by atoms with E-state index in [-0.39, 0.29) is 5.97 Å². The number of aryl methyl sites for hydroxylation is 2. The normalized spacial score (nSPS) is 11.2. The summed E-state index contributed by atoms with van der Waals surface area (Å²) in [6, 6.07) is 12.0. The number of hydrogen-bond donors (Lipinski definition) is 0. The number of fused-ring (bicyclic) bond motifs is 1. The molecule has 0 saturated heterocycles. The van der Waals surface area contributed by atoms with E-state index < -0.39 is 0 Å². The van der Waals surface area contributed by atoms with E-state index in [9.17, 15) is 4.79 Å². The second-order valence-electron chi connectivity index (χ2n) is 6.60. The van der Waals surface area contributed by atoms with E-state index in [0.717, 1.165) is 12.8 Å². The van der Waals surface area contributed by atoms with Crippen molar-refractivity contribution in [2.45, 2.75) is 58.8 Å². The number of esters is 1. The van der Waals surface area contributed by atoms with Gasteiger partial charge in [0.15, 0.2) is 0 Å². The summed E-state index contributed by atoms with van der Waals surface area (Å²) >= 11 is 3.35. The Morgan fingerprint density at radius 3 is 2.35 bits per heavy atom. The van der Waals surface area contributed by atoms with Crippen LogP contribution in [0.25, 0.3) is 9.40 Å². The molecule has 4 heteroatoms. The first kappa shape index (κ1) is 19.1. The van der Waals surface area contributed by atoms with E-state index in [2.05, 4.69) is 19.9 Å². The maximum absolute atomic E-state index is 12.4. The Kier molecular flexibility index (Phi) is 6.86. The van der Waals surface area contributed by atoms with Crippen LogP contribution in [-0.2, 0) is 12.8 Å². The van der Waals surface area contributed by atoms with Gasteiger partial charge in [-0.1, -0.05) is 51.7 Å². The van der Waals surface area contributed by atoms with Gasteiger partial charge in [0, 0.05) is 14.3 Å². The molecule has 0 saturated carbocycles. The second kappa shape index (κ2) is 9.33. The van der Waals surface area contributed by atoms with Crippen LogP contribution in [0.5, 0.6) is 5.75 Å². The van der Waals surface area contributed by atoms with Gasteiger partial charge in [-0.05, 0) is 49.1 Å². The summed E-state index contributed by atoms with van der Waals surface area (Å²) in [5, 5.41) is 0. The zero-order chi connectivity index (χ0) is 18.4. The molecule has 138 valence electrons. The van der Waals surface area contributed by atoms with Crippen molar-refractivity contribution < 1.29 is 9.53 Å². The lowest BCUT2D eigenvalue weighted by Gasteiger charge is -2.03. The standard InChI is InChI=1S/C22H26O2S2/c1-3-5-6-7-8-9-18-14-19-20(25-18)15-21(26-19)22(23)24-17-12-10-16(4-2)11-13-17/h10-15H,3-9H2,1-2H3. The molecule has 0 N–H and O–H groups in total. The molecule has 2 nitrogen and oxygen atoms in total. The van der Waals surface area contributed by atoms with Gasteiger partial charge in [-0.2, -0.15) is 0 Å². The molecule has 0 aliphatic heterocycles. The summed E-state index contributed by atoms with van der Waals surface area (Å²) < 4.78 is 7.91. The fraction of sp³-hybridized carbons (Fsp3) is 0.409. The summed E-state index contributed by atoms with van der Waals surface area (Å²) in [6.07, 6.45) is 8.67. The lowest BCUT2D eigenvalue weighted by Crippen LogP contribution is -2.06. The van der Waals surface area contributed by atoms with Gasteiger partial charge in [-0.3, -0.25) is 0 Å². The highest BCUT2D eigenvalue weighted by atomic mass is 32.1.